The Kier molecular flexibility index (Phi) is 7.04. The molecule has 1 N–H and O–H groups in total. The summed E-state index contributed by atoms with van der Waals surface area (Å²) in [5, 5.41) is 2.92. The number of carbonyl (C=O) groups is 1. The molecule has 3 rings (SSSR count). The maximum absolute atomic E-state index is 13.5. The minimum Gasteiger partial charge on any atom is -0.324 e. The molecule has 32 heavy (non-hydrogen) atoms. The number of aryl methyl sites for hydroxylation is 5. The zero-order valence-electron chi connectivity index (χ0n) is 19.3. The average Bonchev–Trinajstić information content (AvgIpc) is 2.75. The Balaban J connectivity index is 1.97. The SMILES string of the molecule is CCc1ccc(N(CC(=O)Nc2c(C)cc(C)cc2C)S(=O)(=O)c2ccc(C)cc2)cc1. The standard InChI is InChI=1S/C26H30N2O3S/c1-6-22-9-11-23(12-10-22)28(32(30,31)24-13-7-18(2)8-14-24)17-25(29)27-26-20(4)15-19(3)16-21(26)5/h7-16H,6,17H2,1-5H3,(H,27,29). The predicted molar refractivity (Wildman–Crippen MR) is 131 cm³/mol. The van der Waals surface area contributed by atoms with Gasteiger partial charge in [-0.3, -0.25) is 9.10 Å². The number of nitrogens with zero attached hydrogens (tertiary/aromatic N) is 1. The Morgan fingerprint density at radius 3 is 1.94 bits per heavy atom. The van der Waals surface area contributed by atoms with E-state index in [1.54, 1.807) is 36.4 Å². The van der Waals surface area contributed by atoms with Gasteiger partial charge in [0.15, 0.2) is 0 Å². The number of rotatable bonds is 7. The van der Waals surface area contributed by atoms with E-state index in [1.807, 2.05) is 58.9 Å². The smallest absolute Gasteiger partial charge is 0.264 e. The molecule has 3 aromatic carbocycles. The zero-order valence-corrected chi connectivity index (χ0v) is 20.1. The molecule has 0 aromatic heterocycles. The third-order valence-corrected chi connectivity index (χ3v) is 7.26. The van der Waals surface area contributed by atoms with E-state index in [1.165, 1.54) is 4.31 Å². The van der Waals surface area contributed by atoms with Gasteiger partial charge in [-0.25, -0.2) is 8.42 Å². The molecule has 0 saturated carbocycles. The van der Waals surface area contributed by atoms with Gasteiger partial charge in [-0.1, -0.05) is 54.4 Å². The summed E-state index contributed by atoms with van der Waals surface area (Å²) in [4.78, 5) is 13.2. The summed E-state index contributed by atoms with van der Waals surface area (Å²) in [7, 11) is -3.93. The molecule has 0 unspecified atom stereocenters. The Bertz CT molecular complexity index is 1190. The quantitative estimate of drug-likeness (QED) is 0.530. The lowest BCUT2D eigenvalue weighted by Gasteiger charge is -2.25. The minimum atomic E-state index is -3.93. The lowest BCUT2D eigenvalue weighted by molar-refractivity contribution is -0.114. The molecular weight excluding hydrogens is 420 g/mol. The fraction of sp³-hybridized carbons (Fsp3) is 0.269. The summed E-state index contributed by atoms with van der Waals surface area (Å²) in [6.45, 7) is 9.47. The highest BCUT2D eigenvalue weighted by molar-refractivity contribution is 7.92. The van der Waals surface area contributed by atoms with E-state index in [0.29, 0.717) is 5.69 Å². The predicted octanol–water partition coefficient (Wildman–Crippen LogP) is 5.32. The van der Waals surface area contributed by atoms with E-state index in [4.69, 9.17) is 0 Å². The molecule has 0 heterocycles. The van der Waals surface area contributed by atoms with Gasteiger partial charge in [0, 0.05) is 5.69 Å². The Morgan fingerprint density at radius 2 is 1.41 bits per heavy atom. The highest BCUT2D eigenvalue weighted by atomic mass is 32.2. The molecule has 0 spiro atoms. The molecule has 0 atom stereocenters. The zero-order chi connectivity index (χ0) is 23.5. The Hall–Kier alpha value is -3.12. The van der Waals surface area contributed by atoms with Crippen LogP contribution in [0.1, 0.15) is 34.7 Å². The van der Waals surface area contributed by atoms with Crippen LogP contribution in [-0.4, -0.2) is 20.9 Å². The van der Waals surface area contributed by atoms with Crippen LogP contribution in [-0.2, 0) is 21.2 Å². The first-order valence-electron chi connectivity index (χ1n) is 10.7. The fourth-order valence-corrected chi connectivity index (χ4v) is 5.16. The van der Waals surface area contributed by atoms with Gasteiger partial charge in [0.25, 0.3) is 10.0 Å². The van der Waals surface area contributed by atoms with Gasteiger partial charge in [-0.2, -0.15) is 0 Å². The van der Waals surface area contributed by atoms with Crippen LogP contribution in [0.4, 0.5) is 11.4 Å². The summed E-state index contributed by atoms with van der Waals surface area (Å²) in [5.74, 6) is -0.393. The maximum Gasteiger partial charge on any atom is 0.264 e. The number of hydrogen-bond acceptors (Lipinski definition) is 3. The van der Waals surface area contributed by atoms with E-state index in [0.717, 1.165) is 39.9 Å². The maximum atomic E-state index is 13.5. The molecule has 0 aliphatic carbocycles. The molecule has 5 nitrogen and oxygen atoms in total. The first-order chi connectivity index (χ1) is 15.1. The van der Waals surface area contributed by atoms with Crippen molar-refractivity contribution in [2.24, 2.45) is 0 Å². The van der Waals surface area contributed by atoms with Crippen molar-refractivity contribution in [2.75, 3.05) is 16.2 Å². The molecule has 1 amide bonds. The van der Waals surface area contributed by atoms with Crippen LogP contribution in [0.25, 0.3) is 0 Å². The topological polar surface area (TPSA) is 66.5 Å². The molecule has 0 saturated heterocycles. The normalized spacial score (nSPS) is 11.3. The van der Waals surface area contributed by atoms with Gasteiger partial charge < -0.3 is 5.32 Å². The summed E-state index contributed by atoms with van der Waals surface area (Å²) < 4.78 is 28.2. The Labute approximate surface area is 191 Å². The first kappa shape index (κ1) is 23.5. The van der Waals surface area contributed by atoms with E-state index in [2.05, 4.69) is 5.32 Å². The van der Waals surface area contributed by atoms with Crippen molar-refractivity contribution < 1.29 is 13.2 Å². The summed E-state index contributed by atoms with van der Waals surface area (Å²) >= 11 is 0. The molecule has 3 aromatic rings. The number of benzene rings is 3. The van der Waals surface area contributed by atoms with Crippen molar-refractivity contribution in [1.29, 1.82) is 0 Å². The number of carbonyl (C=O) groups excluding carboxylic acids is 1. The number of anilines is 2. The van der Waals surface area contributed by atoms with Gasteiger partial charge in [0.2, 0.25) is 5.91 Å². The number of nitrogens with one attached hydrogen (secondary N) is 1. The van der Waals surface area contributed by atoms with Crippen LogP contribution in [0.3, 0.4) is 0 Å². The van der Waals surface area contributed by atoms with Gasteiger partial charge in [-0.15, -0.1) is 0 Å². The molecule has 6 heteroatoms. The molecule has 168 valence electrons. The second-order valence-corrected chi connectivity index (χ2v) is 10.0. The van der Waals surface area contributed by atoms with Crippen LogP contribution < -0.4 is 9.62 Å². The van der Waals surface area contributed by atoms with Crippen molar-refractivity contribution in [2.45, 2.75) is 45.9 Å². The third kappa shape index (κ3) is 5.19. The highest BCUT2D eigenvalue weighted by Crippen LogP contribution is 2.26. The summed E-state index contributed by atoms with van der Waals surface area (Å²) in [6.07, 6.45) is 0.845. The van der Waals surface area contributed by atoms with E-state index in [9.17, 15) is 13.2 Å². The number of amides is 1. The van der Waals surface area contributed by atoms with Crippen LogP contribution in [0.5, 0.6) is 0 Å². The highest BCUT2D eigenvalue weighted by Gasteiger charge is 2.27. The monoisotopic (exact) mass is 450 g/mol. The van der Waals surface area contributed by atoms with Gasteiger partial charge in [0.1, 0.15) is 6.54 Å². The molecule has 0 aliphatic rings. The van der Waals surface area contributed by atoms with Gasteiger partial charge in [0.05, 0.1) is 10.6 Å². The van der Waals surface area contributed by atoms with Crippen LogP contribution in [0, 0.1) is 27.7 Å². The van der Waals surface area contributed by atoms with Crippen LogP contribution >= 0.6 is 0 Å². The molecular formula is C26H30N2O3S. The summed E-state index contributed by atoms with van der Waals surface area (Å²) in [5.41, 5.74) is 6.22. The number of sulfonamides is 1. The van der Waals surface area contributed by atoms with E-state index in [-0.39, 0.29) is 11.4 Å². The molecule has 0 radical (unpaired) electrons. The van der Waals surface area contributed by atoms with Gasteiger partial charge >= 0.3 is 0 Å². The van der Waals surface area contributed by atoms with E-state index < -0.39 is 15.9 Å². The summed E-state index contributed by atoms with van der Waals surface area (Å²) in [6, 6.07) is 17.9. The first-order valence-corrected chi connectivity index (χ1v) is 12.1. The van der Waals surface area contributed by atoms with Crippen molar-refractivity contribution in [1.82, 2.24) is 0 Å². The van der Waals surface area contributed by atoms with Crippen LogP contribution in [0.15, 0.2) is 65.6 Å². The lowest BCUT2D eigenvalue weighted by Crippen LogP contribution is -2.38. The lowest BCUT2D eigenvalue weighted by atomic mass is 10.1. The largest absolute Gasteiger partial charge is 0.324 e. The molecule has 0 aliphatic heterocycles. The minimum absolute atomic E-state index is 0.151. The third-order valence-electron chi connectivity index (χ3n) is 5.47. The average molecular weight is 451 g/mol. The van der Waals surface area contributed by atoms with Crippen LogP contribution in [0.2, 0.25) is 0 Å². The van der Waals surface area contributed by atoms with Gasteiger partial charge in [-0.05, 0) is 75.1 Å². The second kappa shape index (κ2) is 9.57. The molecule has 0 bridgehead atoms. The van der Waals surface area contributed by atoms with Crippen molar-refractivity contribution in [3.8, 4) is 0 Å². The second-order valence-electron chi connectivity index (χ2n) is 8.17. The molecule has 0 fully saturated rings. The Morgan fingerprint density at radius 1 is 0.844 bits per heavy atom. The van der Waals surface area contributed by atoms with Crippen molar-refractivity contribution >= 4 is 27.3 Å². The van der Waals surface area contributed by atoms with E-state index >= 15 is 0 Å². The van der Waals surface area contributed by atoms with Crippen molar-refractivity contribution in [3.05, 3.63) is 88.5 Å². The fourth-order valence-electron chi connectivity index (χ4n) is 3.74. The number of hydrogen-bond donors (Lipinski definition) is 1. The van der Waals surface area contributed by atoms with Crippen molar-refractivity contribution in [3.63, 3.8) is 0 Å².